The lowest BCUT2D eigenvalue weighted by Crippen LogP contribution is -1.99. The molecule has 3 rings (SSSR count). The van der Waals surface area contributed by atoms with Gasteiger partial charge in [-0.25, -0.2) is 4.68 Å². The number of rotatable bonds is 3. The van der Waals surface area contributed by atoms with Crippen molar-refractivity contribution in [3.63, 3.8) is 0 Å². The fourth-order valence-electron chi connectivity index (χ4n) is 3.04. The van der Waals surface area contributed by atoms with Gasteiger partial charge in [-0.15, -0.1) is 12.4 Å². The molecule has 1 heterocycles. The van der Waals surface area contributed by atoms with Gasteiger partial charge in [-0.3, -0.25) is 0 Å². The van der Waals surface area contributed by atoms with Gasteiger partial charge < -0.3 is 5.73 Å². The van der Waals surface area contributed by atoms with Crippen molar-refractivity contribution >= 4 is 12.4 Å². The second-order valence-corrected chi connectivity index (χ2v) is 5.76. The molecule has 0 aliphatic carbocycles. The highest BCUT2D eigenvalue weighted by atomic mass is 35.5. The molecule has 2 aromatic carbocycles. The number of para-hydroxylation sites is 1. The van der Waals surface area contributed by atoms with Gasteiger partial charge in [0.1, 0.15) is 0 Å². The maximum absolute atomic E-state index is 5.96. The third-order valence-corrected chi connectivity index (χ3v) is 3.94. The third-order valence-electron chi connectivity index (χ3n) is 3.94. The van der Waals surface area contributed by atoms with E-state index in [1.807, 2.05) is 41.2 Å². The largest absolute Gasteiger partial charge is 0.326 e. The average molecular weight is 328 g/mol. The summed E-state index contributed by atoms with van der Waals surface area (Å²) in [6.07, 6.45) is 2.03. The molecule has 0 aliphatic heterocycles. The molecule has 0 spiro atoms. The van der Waals surface area contributed by atoms with Crippen LogP contribution in [0.25, 0.3) is 16.9 Å². The molecule has 0 unspecified atom stereocenters. The Bertz CT molecular complexity index is 784. The summed E-state index contributed by atoms with van der Waals surface area (Å²) in [5.74, 6) is 0. The van der Waals surface area contributed by atoms with Crippen molar-refractivity contribution in [1.82, 2.24) is 9.78 Å². The zero-order valence-electron chi connectivity index (χ0n) is 13.7. The Hall–Kier alpha value is -2.10. The van der Waals surface area contributed by atoms with Gasteiger partial charge in [0, 0.05) is 23.9 Å². The number of hydrogen-bond acceptors (Lipinski definition) is 2. The highest BCUT2D eigenvalue weighted by Crippen LogP contribution is 2.30. The fourth-order valence-corrected chi connectivity index (χ4v) is 3.04. The van der Waals surface area contributed by atoms with Gasteiger partial charge in [-0.1, -0.05) is 35.9 Å². The maximum atomic E-state index is 5.96. The van der Waals surface area contributed by atoms with Crippen molar-refractivity contribution in [2.75, 3.05) is 0 Å². The minimum atomic E-state index is 0. The van der Waals surface area contributed by atoms with Crippen molar-refractivity contribution in [3.8, 4) is 16.9 Å². The number of halogens is 1. The Labute approximate surface area is 143 Å². The molecule has 0 bridgehead atoms. The van der Waals surface area contributed by atoms with Crippen LogP contribution in [0, 0.1) is 20.8 Å². The normalized spacial score (nSPS) is 10.4. The highest BCUT2D eigenvalue weighted by Gasteiger charge is 2.15. The minimum Gasteiger partial charge on any atom is -0.326 e. The van der Waals surface area contributed by atoms with Gasteiger partial charge in [0.2, 0.25) is 0 Å². The molecule has 0 radical (unpaired) electrons. The Kier molecular flexibility index (Phi) is 5.24. The van der Waals surface area contributed by atoms with E-state index in [1.54, 1.807) is 0 Å². The average Bonchev–Trinajstić information content (AvgIpc) is 2.91. The third kappa shape index (κ3) is 3.31. The molecule has 3 aromatic rings. The van der Waals surface area contributed by atoms with Crippen LogP contribution in [0.2, 0.25) is 0 Å². The fraction of sp³-hybridized carbons (Fsp3) is 0.211. The summed E-state index contributed by atoms with van der Waals surface area (Å²) < 4.78 is 1.91. The number of nitrogens with two attached hydrogens (primary N) is 1. The van der Waals surface area contributed by atoms with Crippen LogP contribution in [0.5, 0.6) is 0 Å². The van der Waals surface area contributed by atoms with Gasteiger partial charge in [-0.2, -0.15) is 5.10 Å². The van der Waals surface area contributed by atoms with Crippen LogP contribution in [0.1, 0.15) is 22.3 Å². The van der Waals surface area contributed by atoms with Crippen LogP contribution in [0.3, 0.4) is 0 Å². The zero-order valence-corrected chi connectivity index (χ0v) is 14.5. The summed E-state index contributed by atoms with van der Waals surface area (Å²) in [6.45, 7) is 6.87. The van der Waals surface area contributed by atoms with E-state index < -0.39 is 0 Å². The second kappa shape index (κ2) is 6.99. The number of nitrogens with zero attached hydrogens (tertiary/aromatic N) is 2. The van der Waals surface area contributed by atoms with Crippen LogP contribution in [-0.2, 0) is 6.54 Å². The lowest BCUT2D eigenvalue weighted by Gasteiger charge is -2.10. The molecule has 23 heavy (non-hydrogen) atoms. The quantitative estimate of drug-likeness (QED) is 0.777. The Morgan fingerprint density at radius 3 is 2.17 bits per heavy atom. The lowest BCUT2D eigenvalue weighted by atomic mass is 9.95. The van der Waals surface area contributed by atoms with Gasteiger partial charge in [0.15, 0.2) is 0 Å². The second-order valence-electron chi connectivity index (χ2n) is 5.76. The topological polar surface area (TPSA) is 43.8 Å². The summed E-state index contributed by atoms with van der Waals surface area (Å²) in [5.41, 5.74) is 14.0. The summed E-state index contributed by atoms with van der Waals surface area (Å²) in [7, 11) is 0. The Balaban J connectivity index is 0.00000192. The van der Waals surface area contributed by atoms with E-state index in [-0.39, 0.29) is 12.4 Å². The SMILES string of the molecule is Cc1cc(C)c(-c2nn(-c3ccccc3)cc2CN)c(C)c1.Cl. The molecule has 0 saturated heterocycles. The first-order valence-electron chi connectivity index (χ1n) is 7.52. The lowest BCUT2D eigenvalue weighted by molar-refractivity contribution is 0.882. The van der Waals surface area contributed by atoms with Crippen LogP contribution < -0.4 is 5.73 Å². The Morgan fingerprint density at radius 1 is 1.00 bits per heavy atom. The molecule has 2 N–H and O–H groups in total. The standard InChI is InChI=1S/C19H21N3.ClH/c1-13-9-14(2)18(15(3)10-13)19-16(11-20)12-22(21-19)17-7-5-4-6-8-17;/h4-10,12H,11,20H2,1-3H3;1H. The predicted molar refractivity (Wildman–Crippen MR) is 98.4 cm³/mol. The van der Waals surface area contributed by atoms with E-state index in [0.29, 0.717) is 6.54 Å². The summed E-state index contributed by atoms with van der Waals surface area (Å²) >= 11 is 0. The highest BCUT2D eigenvalue weighted by molar-refractivity contribution is 5.85. The van der Waals surface area contributed by atoms with Crippen LogP contribution >= 0.6 is 12.4 Å². The number of hydrogen-bond donors (Lipinski definition) is 1. The minimum absolute atomic E-state index is 0. The van der Waals surface area contributed by atoms with E-state index in [4.69, 9.17) is 10.8 Å². The van der Waals surface area contributed by atoms with E-state index in [2.05, 4.69) is 32.9 Å². The summed E-state index contributed by atoms with van der Waals surface area (Å²) in [5, 5.41) is 4.81. The van der Waals surface area contributed by atoms with Crippen LogP contribution in [-0.4, -0.2) is 9.78 Å². The number of benzene rings is 2. The molecule has 0 amide bonds. The van der Waals surface area contributed by atoms with Crippen LogP contribution in [0.4, 0.5) is 0 Å². The first kappa shape index (κ1) is 17.3. The van der Waals surface area contributed by atoms with E-state index >= 15 is 0 Å². The molecule has 3 nitrogen and oxygen atoms in total. The number of aromatic nitrogens is 2. The zero-order chi connectivity index (χ0) is 15.7. The molecule has 0 saturated carbocycles. The molecule has 4 heteroatoms. The first-order chi connectivity index (χ1) is 10.6. The monoisotopic (exact) mass is 327 g/mol. The predicted octanol–water partition coefficient (Wildman–Crippen LogP) is 4.35. The molecule has 1 aromatic heterocycles. The number of aryl methyl sites for hydroxylation is 3. The van der Waals surface area contributed by atoms with Crippen molar-refractivity contribution in [2.45, 2.75) is 27.3 Å². The molecular weight excluding hydrogens is 306 g/mol. The molecule has 0 fully saturated rings. The van der Waals surface area contributed by atoms with Crippen molar-refractivity contribution < 1.29 is 0 Å². The Morgan fingerprint density at radius 2 is 1.61 bits per heavy atom. The van der Waals surface area contributed by atoms with Crippen molar-refractivity contribution in [2.24, 2.45) is 5.73 Å². The van der Waals surface area contributed by atoms with Crippen molar-refractivity contribution in [3.05, 3.63) is 70.9 Å². The smallest absolute Gasteiger partial charge is 0.0977 e. The van der Waals surface area contributed by atoms with E-state index in [0.717, 1.165) is 16.9 Å². The summed E-state index contributed by atoms with van der Waals surface area (Å²) in [6, 6.07) is 14.5. The van der Waals surface area contributed by atoms with Gasteiger partial charge in [0.05, 0.1) is 11.4 Å². The molecule has 0 atom stereocenters. The maximum Gasteiger partial charge on any atom is 0.0977 e. The van der Waals surface area contributed by atoms with Gasteiger partial charge >= 0.3 is 0 Å². The van der Waals surface area contributed by atoms with Gasteiger partial charge in [0.25, 0.3) is 0 Å². The van der Waals surface area contributed by atoms with E-state index in [1.165, 1.54) is 22.3 Å². The molecule has 120 valence electrons. The molecular formula is C19H22ClN3. The summed E-state index contributed by atoms with van der Waals surface area (Å²) in [4.78, 5) is 0. The van der Waals surface area contributed by atoms with Crippen LogP contribution in [0.15, 0.2) is 48.7 Å². The first-order valence-corrected chi connectivity index (χ1v) is 7.52. The van der Waals surface area contributed by atoms with Gasteiger partial charge in [-0.05, 0) is 44.0 Å². The van der Waals surface area contributed by atoms with Crippen molar-refractivity contribution in [1.29, 1.82) is 0 Å². The van der Waals surface area contributed by atoms with E-state index in [9.17, 15) is 0 Å². The molecule has 0 aliphatic rings.